The molecule has 0 bridgehead atoms. The number of hydrogen-bond donors (Lipinski definition) is 2. The van der Waals surface area contributed by atoms with E-state index in [1.54, 1.807) is 23.9 Å². The Morgan fingerprint density at radius 3 is 2.59 bits per heavy atom. The highest BCUT2D eigenvalue weighted by Crippen LogP contribution is 2.35. The zero-order valence-electron chi connectivity index (χ0n) is 16.0. The minimum absolute atomic E-state index is 0.0494. The Bertz CT molecular complexity index is 887. The molecule has 0 saturated carbocycles. The van der Waals surface area contributed by atoms with Crippen LogP contribution in [0.5, 0.6) is 0 Å². The maximum Gasteiger partial charge on any atom is 0.323 e. The van der Waals surface area contributed by atoms with Crippen LogP contribution in [0.15, 0.2) is 29.2 Å². The number of halogens is 1. The molecule has 1 amide bonds. The van der Waals surface area contributed by atoms with Crippen molar-refractivity contribution >= 4 is 45.3 Å². The summed E-state index contributed by atoms with van der Waals surface area (Å²) in [5.41, 5.74) is -0.842. The van der Waals surface area contributed by atoms with Crippen LogP contribution in [0.3, 0.4) is 0 Å². The fourth-order valence-corrected chi connectivity index (χ4v) is 6.37. The van der Waals surface area contributed by atoms with E-state index in [9.17, 15) is 23.1 Å². The Morgan fingerprint density at radius 1 is 1.34 bits per heavy atom. The number of carboxylic acid groups (broad SMARTS) is 1. The molecule has 1 aromatic rings. The van der Waals surface area contributed by atoms with Crippen LogP contribution in [0.2, 0.25) is 5.02 Å². The second kappa shape index (κ2) is 8.81. The summed E-state index contributed by atoms with van der Waals surface area (Å²) in [5, 5.41) is 12.8. The van der Waals surface area contributed by atoms with Crippen LogP contribution in [-0.2, 0) is 19.6 Å². The van der Waals surface area contributed by atoms with Gasteiger partial charge in [0.05, 0.1) is 16.7 Å². The van der Waals surface area contributed by atoms with Gasteiger partial charge in [-0.15, -0.1) is 0 Å². The molecular weight excluding hydrogens is 438 g/mol. The number of aliphatic carboxylic acids is 1. The number of sulfonamides is 1. The second-order valence-corrected chi connectivity index (χ2v) is 10.5. The molecule has 1 spiro atoms. The first-order valence-electron chi connectivity index (χ1n) is 9.26. The molecule has 0 aliphatic carbocycles. The average molecular weight is 462 g/mol. The molecule has 2 N–H and O–H groups in total. The highest BCUT2D eigenvalue weighted by Gasteiger charge is 2.52. The Kier molecular flexibility index (Phi) is 6.79. The van der Waals surface area contributed by atoms with Crippen molar-refractivity contribution < 1.29 is 23.1 Å². The Labute approximate surface area is 179 Å². The summed E-state index contributed by atoms with van der Waals surface area (Å²) in [4.78, 5) is 25.6. The largest absolute Gasteiger partial charge is 0.480 e. The lowest BCUT2D eigenvalue weighted by Gasteiger charge is -2.43. The lowest BCUT2D eigenvalue weighted by Crippen LogP contribution is -2.60. The van der Waals surface area contributed by atoms with Gasteiger partial charge in [-0.3, -0.25) is 14.9 Å². The molecule has 2 heterocycles. The van der Waals surface area contributed by atoms with E-state index in [0.717, 1.165) is 5.75 Å². The number of benzene rings is 1. The molecule has 29 heavy (non-hydrogen) atoms. The number of carbonyl (C=O) groups excluding carboxylic acids is 1. The smallest absolute Gasteiger partial charge is 0.323 e. The van der Waals surface area contributed by atoms with E-state index in [0.29, 0.717) is 19.3 Å². The van der Waals surface area contributed by atoms with E-state index >= 15 is 0 Å². The monoisotopic (exact) mass is 461 g/mol. The quantitative estimate of drug-likeness (QED) is 0.632. The van der Waals surface area contributed by atoms with Crippen LogP contribution in [-0.4, -0.2) is 78.0 Å². The lowest BCUT2D eigenvalue weighted by molar-refractivity contribution is -0.147. The SMILES string of the molecule is CSCCC1NC2(CCN(S(=O)(=O)c3ccccc3Cl)CC2)N(CC(=O)O)C1=O. The number of hydrogen-bond acceptors (Lipinski definition) is 6. The molecule has 1 aromatic carbocycles. The molecule has 2 aliphatic rings. The summed E-state index contributed by atoms with van der Waals surface area (Å²) in [7, 11) is -3.77. The van der Waals surface area contributed by atoms with Gasteiger partial charge >= 0.3 is 5.97 Å². The topological polar surface area (TPSA) is 107 Å². The number of nitrogens with zero attached hydrogens (tertiary/aromatic N) is 2. The van der Waals surface area contributed by atoms with Gasteiger partial charge in [-0.25, -0.2) is 8.42 Å². The van der Waals surface area contributed by atoms with Crippen molar-refractivity contribution in [2.24, 2.45) is 0 Å². The summed E-state index contributed by atoms with van der Waals surface area (Å²) >= 11 is 7.69. The number of thioether (sulfide) groups is 1. The molecule has 8 nitrogen and oxygen atoms in total. The number of rotatable bonds is 7. The predicted octanol–water partition coefficient (Wildman–Crippen LogP) is 1.46. The van der Waals surface area contributed by atoms with E-state index in [-0.39, 0.29) is 28.9 Å². The van der Waals surface area contributed by atoms with Crippen molar-refractivity contribution in [1.29, 1.82) is 0 Å². The molecule has 0 radical (unpaired) electrons. The normalized spacial score (nSPS) is 22.3. The zero-order valence-corrected chi connectivity index (χ0v) is 18.4. The van der Waals surface area contributed by atoms with Crippen molar-refractivity contribution in [1.82, 2.24) is 14.5 Å². The van der Waals surface area contributed by atoms with Gasteiger partial charge in [-0.2, -0.15) is 16.1 Å². The van der Waals surface area contributed by atoms with Gasteiger partial charge in [0.25, 0.3) is 0 Å². The van der Waals surface area contributed by atoms with E-state index in [4.69, 9.17) is 11.6 Å². The standard InChI is InChI=1S/C18H24ClN3O5S2/c1-28-11-6-14-17(25)22(12-16(23)24)18(20-14)7-9-21(10-8-18)29(26,27)15-5-3-2-4-13(15)19/h2-5,14,20H,6-12H2,1H3,(H,23,24). The maximum atomic E-state index is 13.0. The summed E-state index contributed by atoms with van der Waals surface area (Å²) in [6, 6.07) is 5.83. The van der Waals surface area contributed by atoms with E-state index in [2.05, 4.69) is 5.32 Å². The fraction of sp³-hybridized carbons (Fsp3) is 0.556. The maximum absolute atomic E-state index is 13.0. The van der Waals surface area contributed by atoms with Crippen molar-refractivity contribution in [3.63, 3.8) is 0 Å². The van der Waals surface area contributed by atoms with Crippen molar-refractivity contribution in [2.45, 2.75) is 35.9 Å². The zero-order chi connectivity index (χ0) is 21.2. The van der Waals surface area contributed by atoms with Gasteiger partial charge in [-0.05, 0) is 43.4 Å². The number of nitrogens with one attached hydrogen (secondary N) is 1. The third-order valence-electron chi connectivity index (χ3n) is 5.43. The lowest BCUT2D eigenvalue weighted by atomic mass is 9.97. The molecule has 1 unspecified atom stereocenters. The average Bonchev–Trinajstić information content (AvgIpc) is 2.92. The van der Waals surface area contributed by atoms with Gasteiger partial charge in [0.1, 0.15) is 11.4 Å². The fourth-order valence-electron chi connectivity index (χ4n) is 3.96. The number of carbonyl (C=O) groups is 2. The molecule has 160 valence electrons. The van der Waals surface area contributed by atoms with Gasteiger partial charge in [0, 0.05) is 13.1 Å². The van der Waals surface area contributed by atoms with Crippen molar-refractivity contribution in [3.8, 4) is 0 Å². The Balaban J connectivity index is 1.80. The Hall–Kier alpha value is -1.33. The van der Waals surface area contributed by atoms with Gasteiger partial charge in [0.15, 0.2) is 0 Å². The number of piperidine rings is 1. The van der Waals surface area contributed by atoms with E-state index in [1.807, 2.05) is 6.26 Å². The molecule has 2 fully saturated rings. The summed E-state index contributed by atoms with van der Waals surface area (Å²) in [5.74, 6) is -0.548. The van der Waals surface area contributed by atoms with Gasteiger partial charge in [0.2, 0.25) is 15.9 Å². The minimum atomic E-state index is -3.77. The van der Waals surface area contributed by atoms with E-state index in [1.165, 1.54) is 21.3 Å². The number of amides is 1. The van der Waals surface area contributed by atoms with Crippen molar-refractivity contribution in [3.05, 3.63) is 29.3 Å². The third-order valence-corrected chi connectivity index (χ3v) is 8.47. The third kappa shape index (κ3) is 4.41. The first-order chi connectivity index (χ1) is 13.7. The van der Waals surface area contributed by atoms with Crippen LogP contribution >= 0.6 is 23.4 Å². The van der Waals surface area contributed by atoms with Crippen LogP contribution < -0.4 is 5.32 Å². The van der Waals surface area contributed by atoms with Crippen LogP contribution in [0.4, 0.5) is 0 Å². The predicted molar refractivity (Wildman–Crippen MR) is 111 cm³/mol. The van der Waals surface area contributed by atoms with Crippen LogP contribution in [0, 0.1) is 0 Å². The molecule has 0 aromatic heterocycles. The first kappa shape index (κ1) is 22.4. The van der Waals surface area contributed by atoms with Gasteiger partial charge in [-0.1, -0.05) is 23.7 Å². The van der Waals surface area contributed by atoms with Crippen LogP contribution in [0.25, 0.3) is 0 Å². The van der Waals surface area contributed by atoms with Crippen LogP contribution in [0.1, 0.15) is 19.3 Å². The first-order valence-corrected chi connectivity index (χ1v) is 12.5. The molecule has 11 heteroatoms. The highest BCUT2D eigenvalue weighted by molar-refractivity contribution is 7.98. The summed E-state index contributed by atoms with van der Waals surface area (Å²) < 4.78 is 27.3. The second-order valence-electron chi connectivity index (χ2n) is 7.16. The molecule has 1 atom stereocenters. The molecule has 2 saturated heterocycles. The van der Waals surface area contributed by atoms with Gasteiger partial charge < -0.3 is 10.0 Å². The Morgan fingerprint density at radius 2 is 2.00 bits per heavy atom. The molecular formula is C18H24ClN3O5S2. The van der Waals surface area contributed by atoms with E-state index < -0.39 is 34.2 Å². The minimum Gasteiger partial charge on any atom is -0.480 e. The number of carboxylic acids is 1. The summed E-state index contributed by atoms with van der Waals surface area (Å²) in [6.45, 7) is -0.0722. The van der Waals surface area contributed by atoms with Crippen molar-refractivity contribution in [2.75, 3.05) is 31.6 Å². The summed E-state index contributed by atoms with van der Waals surface area (Å²) in [6.07, 6.45) is 3.17. The highest BCUT2D eigenvalue weighted by atomic mass is 35.5. The molecule has 2 aliphatic heterocycles. The molecule has 3 rings (SSSR count).